The maximum atomic E-state index is 13.2. The number of hydrogen-bond donors (Lipinski definition) is 0. The van der Waals surface area contributed by atoms with Gasteiger partial charge in [-0.3, -0.25) is 0 Å². The molecule has 1 aromatic rings. The zero-order valence-corrected chi connectivity index (χ0v) is 15.7. The fourth-order valence-electron chi connectivity index (χ4n) is 3.05. The van der Waals surface area contributed by atoms with E-state index in [9.17, 15) is 16.8 Å². The smallest absolute Gasteiger partial charge is 0.229 e. The third-order valence-corrected chi connectivity index (χ3v) is 8.45. The minimum Gasteiger partial charge on any atom is -0.229 e. The topological polar surface area (TPSA) is 71.5 Å². The molecule has 23 heavy (non-hydrogen) atoms. The summed E-state index contributed by atoms with van der Waals surface area (Å²) in [5.74, 6) is -0.0195. The minimum atomic E-state index is -3.73. The van der Waals surface area contributed by atoms with Crippen molar-refractivity contribution in [1.29, 1.82) is 0 Å². The van der Waals surface area contributed by atoms with Gasteiger partial charge in [0.2, 0.25) is 10.0 Å². The Hall–Kier alpha value is -0.920. The van der Waals surface area contributed by atoms with Gasteiger partial charge in [-0.15, -0.1) is 0 Å². The molecule has 0 bridgehead atoms. The van der Waals surface area contributed by atoms with Gasteiger partial charge in [0, 0.05) is 12.1 Å². The van der Waals surface area contributed by atoms with Gasteiger partial charge in [-0.25, -0.2) is 16.8 Å². The highest BCUT2D eigenvalue weighted by Crippen LogP contribution is 2.30. The van der Waals surface area contributed by atoms with Crippen LogP contribution in [0.2, 0.25) is 0 Å². The molecule has 0 N–H and O–H groups in total. The lowest BCUT2D eigenvalue weighted by molar-refractivity contribution is 0.271. The lowest BCUT2D eigenvalue weighted by Crippen LogP contribution is -2.46. The van der Waals surface area contributed by atoms with Crippen LogP contribution in [0.15, 0.2) is 23.1 Å². The van der Waals surface area contributed by atoms with Crippen LogP contribution in [-0.4, -0.2) is 44.7 Å². The molecular formula is C16H25NO4S2. The molecule has 1 aliphatic rings. The first kappa shape index (κ1) is 18.4. The molecule has 1 aromatic carbocycles. The Kier molecular flexibility index (Phi) is 5.23. The first-order valence-corrected chi connectivity index (χ1v) is 11.2. The van der Waals surface area contributed by atoms with Gasteiger partial charge in [-0.05, 0) is 50.8 Å². The fraction of sp³-hybridized carbons (Fsp3) is 0.625. The Bertz CT molecular complexity index is 784. The van der Waals surface area contributed by atoms with Crippen molar-refractivity contribution in [2.45, 2.75) is 57.5 Å². The van der Waals surface area contributed by atoms with Crippen molar-refractivity contribution in [3.63, 3.8) is 0 Å². The molecule has 0 saturated carbocycles. The summed E-state index contributed by atoms with van der Waals surface area (Å²) in [7, 11) is -6.88. The average Bonchev–Trinajstić information content (AvgIpc) is 2.80. The molecule has 0 spiro atoms. The van der Waals surface area contributed by atoms with Gasteiger partial charge in [0.05, 0.1) is 16.4 Å². The summed E-state index contributed by atoms with van der Waals surface area (Å²) in [6.07, 6.45) is 1.01. The summed E-state index contributed by atoms with van der Waals surface area (Å²) in [4.78, 5) is 0.280. The maximum absolute atomic E-state index is 13.2. The Morgan fingerprint density at radius 1 is 1.30 bits per heavy atom. The molecule has 1 aliphatic heterocycles. The van der Waals surface area contributed by atoms with Crippen molar-refractivity contribution in [3.05, 3.63) is 29.3 Å². The summed E-state index contributed by atoms with van der Waals surface area (Å²) < 4.78 is 51.5. The minimum absolute atomic E-state index is 0.0624. The highest BCUT2D eigenvalue weighted by molar-refractivity contribution is 7.92. The number of nitrogens with zero attached hydrogens (tertiary/aromatic N) is 1. The number of aryl methyl sites for hydroxylation is 2. The van der Waals surface area contributed by atoms with E-state index in [1.165, 1.54) is 4.31 Å². The second kappa shape index (κ2) is 6.53. The standard InChI is InChI=1S/C16H25NO4S2/c1-5-14(4)17(15-8-9-22(18,19)11-15)23(20,21)16-10-12(2)6-7-13(16)3/h6-7,10,14-15H,5,8-9,11H2,1-4H3/t14-,15+/m1/s1. The number of sulfone groups is 1. The second-order valence-corrected chi connectivity index (χ2v) is 10.5. The molecule has 1 heterocycles. The Labute approximate surface area is 139 Å². The van der Waals surface area contributed by atoms with Crippen LogP contribution in [0, 0.1) is 13.8 Å². The van der Waals surface area contributed by atoms with Crippen molar-refractivity contribution in [2.75, 3.05) is 11.5 Å². The molecule has 0 radical (unpaired) electrons. The van der Waals surface area contributed by atoms with Crippen molar-refractivity contribution in [3.8, 4) is 0 Å². The highest BCUT2D eigenvalue weighted by Gasteiger charge is 2.41. The van der Waals surface area contributed by atoms with Crippen LogP contribution in [0.1, 0.15) is 37.8 Å². The van der Waals surface area contributed by atoms with E-state index >= 15 is 0 Å². The van der Waals surface area contributed by atoms with E-state index in [1.807, 2.05) is 26.8 Å². The van der Waals surface area contributed by atoms with Gasteiger partial charge >= 0.3 is 0 Å². The molecule has 2 atom stereocenters. The summed E-state index contributed by atoms with van der Waals surface area (Å²) >= 11 is 0. The number of sulfonamides is 1. The molecule has 7 heteroatoms. The van der Waals surface area contributed by atoms with Gasteiger partial charge in [-0.1, -0.05) is 19.1 Å². The third kappa shape index (κ3) is 3.78. The van der Waals surface area contributed by atoms with Crippen LogP contribution in [0.25, 0.3) is 0 Å². The predicted molar refractivity (Wildman–Crippen MR) is 91.8 cm³/mol. The summed E-state index contributed by atoms with van der Waals surface area (Å²) in [6.45, 7) is 7.38. The van der Waals surface area contributed by atoms with Crippen LogP contribution < -0.4 is 0 Å². The van der Waals surface area contributed by atoms with E-state index in [2.05, 4.69) is 0 Å². The summed E-state index contributed by atoms with van der Waals surface area (Å²) in [5.41, 5.74) is 1.56. The van der Waals surface area contributed by atoms with E-state index in [0.29, 0.717) is 18.4 Å². The molecule has 5 nitrogen and oxygen atoms in total. The zero-order chi connectivity index (χ0) is 17.4. The van der Waals surface area contributed by atoms with Crippen LogP contribution in [0.3, 0.4) is 0 Å². The molecule has 0 aromatic heterocycles. The molecule has 2 rings (SSSR count). The Morgan fingerprint density at radius 3 is 2.48 bits per heavy atom. The number of benzene rings is 1. The van der Waals surface area contributed by atoms with Crippen molar-refractivity contribution < 1.29 is 16.8 Å². The molecule has 1 saturated heterocycles. The largest absolute Gasteiger partial charge is 0.243 e. The van der Waals surface area contributed by atoms with Gasteiger partial charge in [-0.2, -0.15) is 4.31 Å². The van der Waals surface area contributed by atoms with E-state index in [-0.39, 0.29) is 22.4 Å². The lowest BCUT2D eigenvalue weighted by Gasteiger charge is -2.33. The predicted octanol–water partition coefficient (Wildman–Crippen LogP) is 2.28. The monoisotopic (exact) mass is 359 g/mol. The van der Waals surface area contributed by atoms with Gasteiger partial charge in [0.15, 0.2) is 9.84 Å². The lowest BCUT2D eigenvalue weighted by atomic mass is 10.2. The first-order chi connectivity index (χ1) is 10.6. The van der Waals surface area contributed by atoms with Gasteiger partial charge in [0.25, 0.3) is 0 Å². The van der Waals surface area contributed by atoms with Gasteiger partial charge in [0.1, 0.15) is 0 Å². The van der Waals surface area contributed by atoms with Crippen LogP contribution >= 0.6 is 0 Å². The number of rotatable bonds is 5. The Morgan fingerprint density at radius 2 is 1.96 bits per heavy atom. The average molecular weight is 360 g/mol. The normalized spacial score (nSPS) is 22.4. The molecule has 130 valence electrons. The molecule has 0 aliphatic carbocycles. The van der Waals surface area contributed by atoms with Crippen molar-refractivity contribution in [2.24, 2.45) is 0 Å². The zero-order valence-electron chi connectivity index (χ0n) is 14.1. The van der Waals surface area contributed by atoms with E-state index in [0.717, 1.165) is 5.56 Å². The van der Waals surface area contributed by atoms with E-state index < -0.39 is 25.9 Å². The molecular weight excluding hydrogens is 334 g/mol. The summed E-state index contributed by atoms with van der Waals surface area (Å²) in [6, 6.07) is 4.63. The first-order valence-electron chi connectivity index (χ1n) is 7.89. The second-order valence-electron chi connectivity index (χ2n) is 6.42. The van der Waals surface area contributed by atoms with E-state index in [4.69, 9.17) is 0 Å². The SMILES string of the molecule is CC[C@@H](C)N([C@H]1CCS(=O)(=O)C1)S(=O)(=O)c1cc(C)ccc1C. The fourth-order valence-corrected chi connectivity index (χ4v) is 7.09. The third-order valence-electron chi connectivity index (χ3n) is 4.49. The molecule has 1 fully saturated rings. The molecule has 0 amide bonds. The summed E-state index contributed by atoms with van der Waals surface area (Å²) in [5, 5.41) is 0. The van der Waals surface area contributed by atoms with Crippen LogP contribution in [0.4, 0.5) is 0 Å². The van der Waals surface area contributed by atoms with Gasteiger partial charge < -0.3 is 0 Å². The van der Waals surface area contributed by atoms with Crippen LogP contribution in [-0.2, 0) is 19.9 Å². The molecule has 0 unspecified atom stereocenters. The highest BCUT2D eigenvalue weighted by atomic mass is 32.2. The maximum Gasteiger partial charge on any atom is 0.243 e. The van der Waals surface area contributed by atoms with E-state index in [1.54, 1.807) is 19.1 Å². The van der Waals surface area contributed by atoms with Crippen LogP contribution in [0.5, 0.6) is 0 Å². The van der Waals surface area contributed by atoms with Crippen molar-refractivity contribution >= 4 is 19.9 Å². The number of hydrogen-bond acceptors (Lipinski definition) is 4. The quantitative estimate of drug-likeness (QED) is 0.808. The Balaban J connectivity index is 2.52. The van der Waals surface area contributed by atoms with Crippen molar-refractivity contribution in [1.82, 2.24) is 4.31 Å².